The number of alkyl carbamates (subject to hydrolysis) is 1. The molecule has 2 aromatic rings. The van der Waals surface area contributed by atoms with E-state index >= 15 is 0 Å². The van der Waals surface area contributed by atoms with Crippen molar-refractivity contribution in [3.63, 3.8) is 0 Å². The fourth-order valence-electron chi connectivity index (χ4n) is 4.65. The first-order chi connectivity index (χ1) is 14.0. The quantitative estimate of drug-likeness (QED) is 0.720. The van der Waals surface area contributed by atoms with Crippen molar-refractivity contribution >= 4 is 12.1 Å². The topological polar surface area (TPSA) is 95.9 Å². The van der Waals surface area contributed by atoms with Crippen LogP contribution in [0.5, 0.6) is 0 Å². The summed E-state index contributed by atoms with van der Waals surface area (Å²) in [5.41, 5.74) is 4.48. The van der Waals surface area contributed by atoms with E-state index in [4.69, 9.17) is 4.74 Å². The van der Waals surface area contributed by atoms with Gasteiger partial charge in [0.15, 0.2) is 0 Å². The highest BCUT2D eigenvalue weighted by molar-refractivity contribution is 5.81. The number of carboxylic acids is 1. The summed E-state index contributed by atoms with van der Waals surface area (Å²) in [5.74, 6) is -1.47. The minimum Gasteiger partial charge on any atom is -0.480 e. The Bertz CT molecular complexity index is 866. The van der Waals surface area contributed by atoms with Crippen LogP contribution in [0.25, 0.3) is 11.1 Å². The average Bonchev–Trinajstić information content (AvgIpc) is 3.04. The largest absolute Gasteiger partial charge is 0.480 e. The van der Waals surface area contributed by atoms with E-state index in [0.717, 1.165) is 28.7 Å². The summed E-state index contributed by atoms with van der Waals surface area (Å²) >= 11 is 0. The molecule has 1 fully saturated rings. The van der Waals surface area contributed by atoms with Crippen molar-refractivity contribution in [2.24, 2.45) is 5.92 Å². The SMILES string of the molecule is O=C(NC(C(=O)O)[C@H]1CCC[C@H](O)C1)OCC1c2ccccc2-c2ccccc21. The summed E-state index contributed by atoms with van der Waals surface area (Å²) in [5, 5.41) is 21.9. The van der Waals surface area contributed by atoms with Crippen LogP contribution in [0.3, 0.4) is 0 Å². The number of rotatable bonds is 5. The predicted molar refractivity (Wildman–Crippen MR) is 108 cm³/mol. The van der Waals surface area contributed by atoms with Gasteiger partial charge < -0.3 is 20.3 Å². The van der Waals surface area contributed by atoms with E-state index in [2.05, 4.69) is 17.4 Å². The number of aliphatic carboxylic acids is 1. The Morgan fingerprint density at radius 2 is 1.66 bits per heavy atom. The van der Waals surface area contributed by atoms with Gasteiger partial charge in [0.2, 0.25) is 0 Å². The summed E-state index contributed by atoms with van der Waals surface area (Å²) in [6.07, 6.45) is 1.22. The van der Waals surface area contributed by atoms with Crippen LogP contribution in [0, 0.1) is 5.92 Å². The van der Waals surface area contributed by atoms with Gasteiger partial charge in [0.25, 0.3) is 0 Å². The molecule has 152 valence electrons. The Balaban J connectivity index is 1.43. The molecule has 0 radical (unpaired) electrons. The Hall–Kier alpha value is -2.86. The number of ether oxygens (including phenoxy) is 1. The summed E-state index contributed by atoms with van der Waals surface area (Å²) < 4.78 is 5.46. The van der Waals surface area contributed by atoms with Crippen LogP contribution in [-0.2, 0) is 9.53 Å². The monoisotopic (exact) mass is 395 g/mol. The van der Waals surface area contributed by atoms with E-state index in [-0.39, 0.29) is 18.4 Å². The number of hydrogen-bond acceptors (Lipinski definition) is 4. The molecule has 0 spiro atoms. The number of aliphatic hydroxyl groups is 1. The Kier molecular flexibility index (Phi) is 5.53. The smallest absolute Gasteiger partial charge is 0.407 e. The maximum absolute atomic E-state index is 12.4. The number of fused-ring (bicyclic) bond motifs is 3. The van der Waals surface area contributed by atoms with Gasteiger partial charge in [-0.2, -0.15) is 0 Å². The molecule has 0 bridgehead atoms. The molecule has 1 unspecified atom stereocenters. The van der Waals surface area contributed by atoms with Crippen molar-refractivity contribution < 1.29 is 24.5 Å². The zero-order valence-electron chi connectivity index (χ0n) is 16.1. The minimum atomic E-state index is -1.10. The normalized spacial score (nSPS) is 21.7. The van der Waals surface area contributed by atoms with Gasteiger partial charge in [-0.25, -0.2) is 9.59 Å². The van der Waals surface area contributed by atoms with Crippen LogP contribution in [0.1, 0.15) is 42.7 Å². The van der Waals surface area contributed by atoms with E-state index in [9.17, 15) is 19.8 Å². The lowest BCUT2D eigenvalue weighted by molar-refractivity contribution is -0.141. The second kappa shape index (κ2) is 8.25. The fraction of sp³-hybridized carbons (Fsp3) is 0.391. The molecule has 4 rings (SSSR count). The molecule has 2 aromatic carbocycles. The second-order valence-corrected chi connectivity index (χ2v) is 7.87. The molecule has 0 aliphatic heterocycles. The molecule has 29 heavy (non-hydrogen) atoms. The number of nitrogens with one attached hydrogen (secondary N) is 1. The molecule has 0 saturated heterocycles. The zero-order valence-corrected chi connectivity index (χ0v) is 16.1. The molecule has 6 nitrogen and oxygen atoms in total. The van der Waals surface area contributed by atoms with E-state index < -0.39 is 24.2 Å². The second-order valence-electron chi connectivity index (χ2n) is 7.87. The number of amides is 1. The Labute approximate surface area is 169 Å². The average molecular weight is 395 g/mol. The lowest BCUT2D eigenvalue weighted by atomic mass is 9.82. The first kappa shape index (κ1) is 19.5. The lowest BCUT2D eigenvalue weighted by Gasteiger charge is -2.30. The van der Waals surface area contributed by atoms with Gasteiger partial charge in [0.1, 0.15) is 12.6 Å². The molecular formula is C23H25NO5. The zero-order chi connectivity index (χ0) is 20.4. The van der Waals surface area contributed by atoms with Gasteiger partial charge in [-0.3, -0.25) is 0 Å². The summed E-state index contributed by atoms with van der Waals surface area (Å²) in [6, 6.07) is 15.0. The van der Waals surface area contributed by atoms with E-state index in [0.29, 0.717) is 19.3 Å². The molecule has 1 saturated carbocycles. The highest BCUT2D eigenvalue weighted by Gasteiger charge is 2.34. The van der Waals surface area contributed by atoms with Crippen LogP contribution in [0.2, 0.25) is 0 Å². The van der Waals surface area contributed by atoms with Crippen molar-refractivity contribution in [2.75, 3.05) is 6.61 Å². The molecule has 0 heterocycles. The van der Waals surface area contributed by atoms with Crippen LogP contribution >= 0.6 is 0 Å². The van der Waals surface area contributed by atoms with Gasteiger partial charge in [-0.05, 0) is 47.4 Å². The van der Waals surface area contributed by atoms with Crippen molar-refractivity contribution in [2.45, 2.75) is 43.7 Å². The van der Waals surface area contributed by atoms with Crippen molar-refractivity contribution in [1.82, 2.24) is 5.32 Å². The van der Waals surface area contributed by atoms with Gasteiger partial charge in [0.05, 0.1) is 6.10 Å². The van der Waals surface area contributed by atoms with E-state index in [1.165, 1.54) is 0 Å². The van der Waals surface area contributed by atoms with Gasteiger partial charge in [0, 0.05) is 5.92 Å². The number of carboxylic acid groups (broad SMARTS) is 1. The van der Waals surface area contributed by atoms with Crippen LogP contribution < -0.4 is 5.32 Å². The van der Waals surface area contributed by atoms with Gasteiger partial charge in [-0.15, -0.1) is 0 Å². The molecule has 2 aliphatic rings. The first-order valence-electron chi connectivity index (χ1n) is 10.1. The molecule has 2 aliphatic carbocycles. The van der Waals surface area contributed by atoms with Crippen molar-refractivity contribution in [3.05, 3.63) is 59.7 Å². The summed E-state index contributed by atoms with van der Waals surface area (Å²) in [6.45, 7) is 0.138. The fourth-order valence-corrected chi connectivity index (χ4v) is 4.65. The van der Waals surface area contributed by atoms with Gasteiger partial charge >= 0.3 is 12.1 Å². The molecule has 6 heteroatoms. The maximum Gasteiger partial charge on any atom is 0.407 e. The number of benzene rings is 2. The highest BCUT2D eigenvalue weighted by atomic mass is 16.5. The first-order valence-corrected chi connectivity index (χ1v) is 10.1. The molecule has 1 amide bonds. The number of carbonyl (C=O) groups is 2. The molecule has 3 N–H and O–H groups in total. The van der Waals surface area contributed by atoms with Crippen molar-refractivity contribution in [1.29, 1.82) is 0 Å². The summed E-state index contributed by atoms with van der Waals surface area (Å²) in [7, 11) is 0. The molecule has 3 atom stereocenters. The van der Waals surface area contributed by atoms with Crippen LogP contribution in [0.4, 0.5) is 4.79 Å². The van der Waals surface area contributed by atoms with E-state index in [1.54, 1.807) is 0 Å². The van der Waals surface area contributed by atoms with E-state index in [1.807, 2.05) is 36.4 Å². The molecular weight excluding hydrogens is 370 g/mol. The van der Waals surface area contributed by atoms with Crippen LogP contribution in [-0.4, -0.2) is 41.0 Å². The third-order valence-corrected chi connectivity index (χ3v) is 6.04. The highest BCUT2D eigenvalue weighted by Crippen LogP contribution is 2.44. The van der Waals surface area contributed by atoms with Gasteiger partial charge in [-0.1, -0.05) is 55.0 Å². The summed E-state index contributed by atoms with van der Waals surface area (Å²) in [4.78, 5) is 24.1. The third-order valence-electron chi connectivity index (χ3n) is 6.04. The molecule has 0 aromatic heterocycles. The third kappa shape index (κ3) is 3.98. The minimum absolute atomic E-state index is 0.0760. The number of aliphatic hydroxyl groups excluding tert-OH is 1. The lowest BCUT2D eigenvalue weighted by Crippen LogP contribution is -2.48. The number of hydrogen-bond donors (Lipinski definition) is 3. The van der Waals surface area contributed by atoms with Crippen LogP contribution in [0.15, 0.2) is 48.5 Å². The Morgan fingerprint density at radius 3 is 2.24 bits per heavy atom. The Morgan fingerprint density at radius 1 is 1.03 bits per heavy atom. The standard InChI is InChI=1S/C23H25NO5/c25-15-7-5-6-14(12-15)21(22(26)27)24-23(28)29-13-20-18-10-3-1-8-16(18)17-9-2-4-11-19(17)20/h1-4,8-11,14-15,20-21,25H,5-7,12-13H2,(H,24,28)(H,26,27)/t14-,15-,21?/m0/s1. The number of carbonyl (C=O) groups excluding carboxylic acids is 1. The maximum atomic E-state index is 12.4. The predicted octanol–water partition coefficient (Wildman–Crippen LogP) is 3.53. The van der Waals surface area contributed by atoms with Crippen molar-refractivity contribution in [3.8, 4) is 11.1 Å².